The highest BCUT2D eigenvalue weighted by Gasteiger charge is 2.12. The quantitative estimate of drug-likeness (QED) is 0.649. The molecule has 0 fully saturated rings. The van der Waals surface area contributed by atoms with Gasteiger partial charge in [0.05, 0.1) is 19.6 Å². The van der Waals surface area contributed by atoms with E-state index in [1.54, 1.807) is 12.1 Å². The molecule has 0 aliphatic heterocycles. The molecule has 0 aliphatic rings. The van der Waals surface area contributed by atoms with Gasteiger partial charge in [-0.3, -0.25) is 9.59 Å². The summed E-state index contributed by atoms with van der Waals surface area (Å²) in [5, 5.41) is 4.97. The molecule has 4 N–H and O–H groups in total. The molecular formula is C14H21ClFN3O3. The van der Waals surface area contributed by atoms with Crippen molar-refractivity contribution in [3.8, 4) is 5.75 Å². The maximum absolute atomic E-state index is 13.5. The third-order valence-electron chi connectivity index (χ3n) is 2.74. The molecule has 124 valence electrons. The molecule has 0 saturated carbocycles. The first-order chi connectivity index (χ1) is 10.1. The van der Waals surface area contributed by atoms with Crippen molar-refractivity contribution in [2.45, 2.75) is 19.4 Å². The molecule has 22 heavy (non-hydrogen) atoms. The maximum Gasteiger partial charge on any atom is 0.239 e. The van der Waals surface area contributed by atoms with Crippen molar-refractivity contribution in [2.75, 3.05) is 19.6 Å². The van der Waals surface area contributed by atoms with E-state index in [-0.39, 0.29) is 49.8 Å². The third-order valence-corrected chi connectivity index (χ3v) is 2.74. The number of carbonyl (C=O) groups is 2. The number of carbonyl (C=O) groups excluding carboxylic acids is 2. The van der Waals surface area contributed by atoms with Crippen LogP contribution in [0.25, 0.3) is 0 Å². The first-order valence-corrected chi connectivity index (χ1v) is 6.71. The number of ether oxygens (including phenoxy) is 1. The van der Waals surface area contributed by atoms with E-state index in [9.17, 15) is 14.0 Å². The molecule has 0 saturated heterocycles. The van der Waals surface area contributed by atoms with Crippen LogP contribution in [-0.2, 0) is 9.59 Å². The lowest BCUT2D eigenvalue weighted by Gasteiger charge is -2.18. The fourth-order valence-corrected chi connectivity index (χ4v) is 1.53. The fourth-order valence-electron chi connectivity index (χ4n) is 1.53. The van der Waals surface area contributed by atoms with E-state index in [1.165, 1.54) is 12.1 Å². The molecule has 0 bridgehead atoms. The summed E-state index contributed by atoms with van der Waals surface area (Å²) in [6, 6.07) is 6.08. The van der Waals surface area contributed by atoms with Gasteiger partial charge in [-0.2, -0.15) is 0 Å². The van der Waals surface area contributed by atoms with Crippen LogP contribution in [0.4, 0.5) is 4.39 Å². The predicted octanol–water partition coefficient (Wildman–Crippen LogP) is 0.596. The second-order valence-electron chi connectivity index (χ2n) is 4.36. The summed E-state index contributed by atoms with van der Waals surface area (Å²) < 4.78 is 19.0. The number of para-hydroxylation sites is 1. The van der Waals surface area contributed by atoms with Crippen LogP contribution in [0.5, 0.6) is 5.75 Å². The SMILES string of the molecule is CCC(CNC(=O)CNC(=O)CN)Oc1ccccc1F.Cl. The van der Waals surface area contributed by atoms with E-state index < -0.39 is 11.7 Å². The van der Waals surface area contributed by atoms with Gasteiger partial charge in [0.1, 0.15) is 6.10 Å². The Balaban J connectivity index is 0.00000441. The highest BCUT2D eigenvalue weighted by molar-refractivity contribution is 5.85. The van der Waals surface area contributed by atoms with Crippen molar-refractivity contribution in [2.24, 2.45) is 5.73 Å². The van der Waals surface area contributed by atoms with Gasteiger partial charge in [0.2, 0.25) is 11.8 Å². The number of amides is 2. The van der Waals surface area contributed by atoms with Gasteiger partial charge in [0.15, 0.2) is 11.6 Å². The van der Waals surface area contributed by atoms with E-state index in [4.69, 9.17) is 10.5 Å². The molecule has 1 aromatic rings. The van der Waals surface area contributed by atoms with Crippen LogP contribution in [0.15, 0.2) is 24.3 Å². The van der Waals surface area contributed by atoms with Crippen molar-refractivity contribution in [3.63, 3.8) is 0 Å². The van der Waals surface area contributed by atoms with Gasteiger partial charge in [-0.1, -0.05) is 19.1 Å². The van der Waals surface area contributed by atoms with Crippen LogP contribution in [0.1, 0.15) is 13.3 Å². The molecule has 1 unspecified atom stereocenters. The Hall–Kier alpha value is -1.86. The van der Waals surface area contributed by atoms with Crippen molar-refractivity contribution in [1.82, 2.24) is 10.6 Å². The van der Waals surface area contributed by atoms with E-state index in [1.807, 2.05) is 6.92 Å². The van der Waals surface area contributed by atoms with Gasteiger partial charge in [0, 0.05) is 0 Å². The number of hydrogen-bond donors (Lipinski definition) is 3. The summed E-state index contributed by atoms with van der Waals surface area (Å²) in [5.74, 6) is -1.06. The zero-order valence-corrected chi connectivity index (χ0v) is 13.1. The zero-order valence-electron chi connectivity index (χ0n) is 12.3. The van der Waals surface area contributed by atoms with E-state index in [0.29, 0.717) is 6.42 Å². The molecule has 0 heterocycles. The lowest BCUT2D eigenvalue weighted by molar-refractivity contribution is -0.125. The molecule has 0 aliphatic carbocycles. The summed E-state index contributed by atoms with van der Waals surface area (Å²) in [7, 11) is 0. The van der Waals surface area contributed by atoms with Gasteiger partial charge in [0.25, 0.3) is 0 Å². The number of benzene rings is 1. The van der Waals surface area contributed by atoms with Gasteiger partial charge in [-0.15, -0.1) is 12.4 Å². The largest absolute Gasteiger partial charge is 0.486 e. The molecule has 1 aromatic carbocycles. The van der Waals surface area contributed by atoms with Crippen molar-refractivity contribution in [1.29, 1.82) is 0 Å². The second kappa shape index (κ2) is 10.8. The number of halogens is 2. The maximum atomic E-state index is 13.5. The molecule has 1 atom stereocenters. The number of rotatable bonds is 8. The molecule has 0 radical (unpaired) electrons. The lowest BCUT2D eigenvalue weighted by atomic mass is 10.2. The molecule has 8 heteroatoms. The van der Waals surface area contributed by atoms with Crippen LogP contribution in [-0.4, -0.2) is 37.6 Å². The number of hydrogen-bond acceptors (Lipinski definition) is 4. The Morgan fingerprint density at radius 1 is 1.27 bits per heavy atom. The first kappa shape index (κ1) is 20.1. The van der Waals surface area contributed by atoms with Crippen LogP contribution < -0.4 is 21.1 Å². The Bertz CT molecular complexity index is 488. The minimum absolute atomic E-state index is 0. The Morgan fingerprint density at radius 2 is 1.95 bits per heavy atom. The first-order valence-electron chi connectivity index (χ1n) is 6.71. The fraction of sp³-hybridized carbons (Fsp3) is 0.429. The van der Waals surface area contributed by atoms with Gasteiger partial charge in [-0.25, -0.2) is 4.39 Å². The van der Waals surface area contributed by atoms with Crippen LogP contribution in [0, 0.1) is 5.82 Å². The normalized spacial score (nSPS) is 11.0. The zero-order chi connectivity index (χ0) is 15.7. The lowest BCUT2D eigenvalue weighted by Crippen LogP contribution is -2.42. The minimum atomic E-state index is -0.447. The predicted molar refractivity (Wildman–Crippen MR) is 83.4 cm³/mol. The summed E-state index contributed by atoms with van der Waals surface area (Å²) in [6.07, 6.45) is 0.250. The smallest absolute Gasteiger partial charge is 0.239 e. The van der Waals surface area contributed by atoms with E-state index in [2.05, 4.69) is 10.6 Å². The van der Waals surface area contributed by atoms with Gasteiger partial charge in [-0.05, 0) is 18.6 Å². The van der Waals surface area contributed by atoms with Crippen molar-refractivity contribution >= 4 is 24.2 Å². The molecule has 0 aromatic heterocycles. The van der Waals surface area contributed by atoms with Crippen molar-refractivity contribution < 1.29 is 18.7 Å². The van der Waals surface area contributed by atoms with Gasteiger partial charge < -0.3 is 21.1 Å². The summed E-state index contributed by atoms with van der Waals surface area (Å²) in [5.41, 5.74) is 5.10. The highest BCUT2D eigenvalue weighted by Crippen LogP contribution is 2.17. The molecular weight excluding hydrogens is 313 g/mol. The Labute approximate surface area is 135 Å². The second-order valence-corrected chi connectivity index (χ2v) is 4.36. The Morgan fingerprint density at radius 3 is 2.55 bits per heavy atom. The summed E-state index contributed by atoms with van der Waals surface area (Å²) in [4.78, 5) is 22.4. The van der Waals surface area contributed by atoms with E-state index >= 15 is 0 Å². The average Bonchev–Trinajstić information content (AvgIpc) is 2.50. The van der Waals surface area contributed by atoms with Crippen LogP contribution in [0.2, 0.25) is 0 Å². The van der Waals surface area contributed by atoms with Gasteiger partial charge >= 0.3 is 0 Å². The highest BCUT2D eigenvalue weighted by atomic mass is 35.5. The monoisotopic (exact) mass is 333 g/mol. The van der Waals surface area contributed by atoms with Crippen molar-refractivity contribution in [3.05, 3.63) is 30.1 Å². The van der Waals surface area contributed by atoms with Crippen LogP contribution >= 0.6 is 12.4 Å². The molecule has 1 rings (SSSR count). The number of nitrogens with one attached hydrogen (secondary N) is 2. The minimum Gasteiger partial charge on any atom is -0.486 e. The molecule has 6 nitrogen and oxygen atoms in total. The average molecular weight is 334 g/mol. The Kier molecular flexibility index (Phi) is 9.89. The topological polar surface area (TPSA) is 93.5 Å². The number of nitrogens with two attached hydrogens (primary N) is 1. The van der Waals surface area contributed by atoms with Crippen LogP contribution in [0.3, 0.4) is 0 Å². The standard InChI is InChI=1S/C14H20FN3O3.ClH/c1-2-10(21-12-6-4-3-5-11(12)15)8-17-14(20)9-18-13(19)7-16;/h3-6,10H,2,7-9,16H2,1H3,(H,17,20)(H,18,19);1H. The third kappa shape index (κ3) is 7.24. The van der Waals surface area contributed by atoms with E-state index in [0.717, 1.165) is 0 Å². The molecule has 2 amide bonds. The molecule has 0 spiro atoms. The summed E-state index contributed by atoms with van der Waals surface area (Å²) >= 11 is 0. The summed E-state index contributed by atoms with van der Waals surface area (Å²) in [6.45, 7) is 1.78.